The van der Waals surface area contributed by atoms with Gasteiger partial charge in [0.05, 0.1) is 16.8 Å². The zero-order valence-electron chi connectivity index (χ0n) is 11.2. The van der Waals surface area contributed by atoms with Gasteiger partial charge in [-0.05, 0) is 36.7 Å². The molecule has 0 saturated heterocycles. The molecule has 0 atom stereocenters. The quantitative estimate of drug-likeness (QED) is 0.686. The van der Waals surface area contributed by atoms with Crippen LogP contribution in [0.1, 0.15) is 15.2 Å². The van der Waals surface area contributed by atoms with E-state index in [1.54, 1.807) is 6.07 Å². The van der Waals surface area contributed by atoms with Crippen molar-refractivity contribution in [2.45, 2.75) is 13.0 Å². The number of likely N-dealkylation sites (N-methyl/N-ethyl adjacent to an activating group) is 1. The van der Waals surface area contributed by atoms with E-state index < -0.39 is 7.04 Å². The monoisotopic (exact) mass is 195 g/mol. The van der Waals surface area contributed by atoms with Crippen LogP contribution in [0, 0.1) is 0 Å². The second-order valence-electron chi connectivity index (χ2n) is 3.75. The van der Waals surface area contributed by atoms with E-state index in [2.05, 4.69) is 4.90 Å². The highest BCUT2D eigenvalue weighted by Gasteiger charge is 2.15. The fraction of sp³-hybridized carbons (Fsp3) is 0.455. The molecule has 14 heavy (non-hydrogen) atoms. The minimum Gasteiger partial charge on any atom is -0.495 e. The maximum Gasteiger partial charge on any atom is 0.142 e. The number of rotatable bonds is 1. The SMILES string of the molecule is [2H]C([2H])([2H])Oc1cc2c(cc1N)CN(C)CC2. The summed E-state index contributed by atoms with van der Waals surface area (Å²) in [5.74, 6) is 0.258. The van der Waals surface area contributed by atoms with Crippen LogP contribution in [0.15, 0.2) is 12.1 Å². The lowest BCUT2D eigenvalue weighted by Gasteiger charge is -2.25. The van der Waals surface area contributed by atoms with Crippen LogP contribution in [0.25, 0.3) is 0 Å². The van der Waals surface area contributed by atoms with Crippen molar-refractivity contribution < 1.29 is 8.85 Å². The van der Waals surface area contributed by atoms with Crippen LogP contribution in [0.5, 0.6) is 5.75 Å². The Kier molecular flexibility index (Phi) is 1.57. The summed E-state index contributed by atoms with van der Waals surface area (Å²) in [7, 11) is -0.403. The first-order valence-corrected chi connectivity index (χ1v) is 4.64. The van der Waals surface area contributed by atoms with Crippen molar-refractivity contribution in [3.05, 3.63) is 23.3 Å². The van der Waals surface area contributed by atoms with Gasteiger partial charge in [0, 0.05) is 13.1 Å². The number of hydrogen-bond donors (Lipinski definition) is 1. The summed E-state index contributed by atoms with van der Waals surface area (Å²) in [6.07, 6.45) is 0.892. The van der Waals surface area contributed by atoms with Gasteiger partial charge >= 0.3 is 0 Å². The van der Waals surface area contributed by atoms with Crippen molar-refractivity contribution in [2.75, 3.05) is 26.4 Å². The lowest BCUT2D eigenvalue weighted by Crippen LogP contribution is -2.26. The number of nitrogens with zero attached hydrogens (tertiary/aromatic N) is 1. The number of methoxy groups -OCH3 is 1. The number of fused-ring (bicyclic) bond motifs is 1. The van der Waals surface area contributed by atoms with E-state index in [1.807, 2.05) is 13.1 Å². The first kappa shape index (κ1) is 6.30. The third-order valence-corrected chi connectivity index (χ3v) is 2.65. The molecule has 3 nitrogen and oxygen atoms in total. The molecule has 0 amide bonds. The molecule has 0 radical (unpaired) electrons. The summed E-state index contributed by atoms with van der Waals surface area (Å²) in [4.78, 5) is 2.20. The average Bonchev–Trinajstić information content (AvgIpc) is 2.17. The maximum atomic E-state index is 7.09. The van der Waals surface area contributed by atoms with E-state index in [4.69, 9.17) is 14.6 Å². The van der Waals surface area contributed by atoms with Gasteiger partial charge in [0.1, 0.15) is 5.75 Å². The number of anilines is 1. The molecule has 0 fully saturated rings. The molecular formula is C11H16N2O. The molecule has 76 valence electrons. The Morgan fingerprint density at radius 3 is 3.14 bits per heavy atom. The van der Waals surface area contributed by atoms with Crippen molar-refractivity contribution in [3.8, 4) is 5.75 Å². The van der Waals surface area contributed by atoms with Crippen molar-refractivity contribution in [2.24, 2.45) is 0 Å². The lowest BCUT2D eigenvalue weighted by molar-refractivity contribution is 0.312. The molecule has 3 heteroatoms. The van der Waals surface area contributed by atoms with Crippen LogP contribution in [-0.4, -0.2) is 25.5 Å². The number of benzene rings is 1. The van der Waals surface area contributed by atoms with Crippen LogP contribution in [-0.2, 0) is 13.0 Å². The molecule has 0 aliphatic carbocycles. The summed E-state index contributed by atoms with van der Waals surface area (Å²) in [6.45, 7) is 1.80. The van der Waals surface area contributed by atoms with Gasteiger partial charge in [-0.2, -0.15) is 0 Å². The van der Waals surface area contributed by atoms with Gasteiger partial charge in [-0.15, -0.1) is 0 Å². The molecule has 2 rings (SSSR count). The summed E-state index contributed by atoms with van der Waals surface area (Å²) < 4.78 is 26.1. The Balaban J connectivity index is 2.31. The van der Waals surface area contributed by atoms with E-state index in [-0.39, 0.29) is 5.75 Å². The summed E-state index contributed by atoms with van der Waals surface area (Å²) in [5, 5.41) is 0. The van der Waals surface area contributed by atoms with Gasteiger partial charge in [-0.25, -0.2) is 0 Å². The minimum atomic E-state index is -2.45. The van der Waals surface area contributed by atoms with Crippen LogP contribution in [0.2, 0.25) is 0 Å². The Hall–Kier alpha value is -1.22. The van der Waals surface area contributed by atoms with Crippen LogP contribution >= 0.6 is 0 Å². The first-order valence-electron chi connectivity index (χ1n) is 6.14. The van der Waals surface area contributed by atoms with E-state index in [1.165, 1.54) is 0 Å². The zero-order chi connectivity index (χ0) is 12.6. The molecule has 1 aliphatic rings. The molecule has 0 bridgehead atoms. The molecule has 1 aromatic carbocycles. The second-order valence-corrected chi connectivity index (χ2v) is 3.75. The van der Waals surface area contributed by atoms with E-state index in [9.17, 15) is 0 Å². The standard InChI is InChI=1S/C11H16N2O/c1-13-4-3-8-6-11(14-2)10(12)5-9(8)7-13/h5-6H,3-4,7,12H2,1-2H3/i2D3. The average molecular weight is 195 g/mol. The molecule has 0 aromatic heterocycles. The second kappa shape index (κ2) is 3.50. The van der Waals surface area contributed by atoms with Crippen molar-refractivity contribution in [3.63, 3.8) is 0 Å². The molecule has 1 heterocycles. The molecule has 1 aromatic rings. The molecule has 0 unspecified atom stereocenters. The van der Waals surface area contributed by atoms with Gasteiger partial charge in [0.25, 0.3) is 0 Å². The molecule has 0 saturated carbocycles. The molecule has 2 N–H and O–H groups in total. The highest BCUT2D eigenvalue weighted by Crippen LogP contribution is 2.28. The Morgan fingerprint density at radius 2 is 2.36 bits per heavy atom. The Bertz CT molecular complexity index is 431. The predicted molar refractivity (Wildman–Crippen MR) is 57.4 cm³/mol. The predicted octanol–water partition coefficient (Wildman–Crippen LogP) is 1.27. The smallest absolute Gasteiger partial charge is 0.142 e. The van der Waals surface area contributed by atoms with Gasteiger partial charge in [-0.1, -0.05) is 0 Å². The molecule has 0 spiro atoms. The summed E-state index contributed by atoms with van der Waals surface area (Å²) in [6, 6.07) is 3.57. The highest BCUT2D eigenvalue weighted by atomic mass is 16.5. The van der Waals surface area contributed by atoms with Crippen LogP contribution in [0.4, 0.5) is 5.69 Å². The number of ether oxygens (including phenoxy) is 1. The van der Waals surface area contributed by atoms with E-state index in [0.29, 0.717) is 5.69 Å². The van der Waals surface area contributed by atoms with Gasteiger partial charge < -0.3 is 15.4 Å². The van der Waals surface area contributed by atoms with Crippen molar-refractivity contribution in [1.29, 1.82) is 0 Å². The fourth-order valence-electron chi connectivity index (χ4n) is 1.84. The number of nitrogens with two attached hydrogens (primary N) is 1. The van der Waals surface area contributed by atoms with Gasteiger partial charge in [0.2, 0.25) is 0 Å². The number of nitrogen functional groups attached to an aromatic ring is 1. The van der Waals surface area contributed by atoms with Gasteiger partial charge in [0.15, 0.2) is 0 Å². The normalized spacial score (nSPS) is 20.5. The number of hydrogen-bond acceptors (Lipinski definition) is 3. The third kappa shape index (κ3) is 1.55. The largest absolute Gasteiger partial charge is 0.495 e. The van der Waals surface area contributed by atoms with E-state index in [0.717, 1.165) is 30.6 Å². The summed E-state index contributed by atoms with van der Waals surface area (Å²) in [5.41, 5.74) is 8.46. The first-order chi connectivity index (χ1) is 7.85. The zero-order valence-corrected chi connectivity index (χ0v) is 8.21. The minimum absolute atomic E-state index is 0.258. The van der Waals surface area contributed by atoms with Crippen molar-refractivity contribution in [1.82, 2.24) is 4.90 Å². The molecule has 1 aliphatic heterocycles. The lowest BCUT2D eigenvalue weighted by atomic mass is 9.99. The highest BCUT2D eigenvalue weighted by molar-refractivity contribution is 5.57. The Labute approximate surface area is 88.7 Å². The van der Waals surface area contributed by atoms with Crippen LogP contribution in [0.3, 0.4) is 0 Å². The van der Waals surface area contributed by atoms with Crippen LogP contribution < -0.4 is 10.5 Å². The third-order valence-electron chi connectivity index (χ3n) is 2.65. The van der Waals surface area contributed by atoms with Gasteiger partial charge in [-0.3, -0.25) is 0 Å². The Morgan fingerprint density at radius 1 is 1.50 bits per heavy atom. The fourth-order valence-corrected chi connectivity index (χ4v) is 1.84. The molecular weight excluding hydrogens is 176 g/mol. The summed E-state index contributed by atoms with van der Waals surface area (Å²) >= 11 is 0. The van der Waals surface area contributed by atoms with E-state index >= 15 is 0 Å². The topological polar surface area (TPSA) is 38.5 Å². The maximum absolute atomic E-state index is 7.09. The van der Waals surface area contributed by atoms with Crippen molar-refractivity contribution >= 4 is 5.69 Å².